The minimum absolute atomic E-state index is 0.00300. The molecule has 36 heavy (non-hydrogen) atoms. The van der Waals surface area contributed by atoms with E-state index in [-0.39, 0.29) is 29.3 Å². The van der Waals surface area contributed by atoms with Crippen molar-refractivity contribution in [1.82, 2.24) is 20.4 Å². The van der Waals surface area contributed by atoms with Crippen molar-refractivity contribution in [2.75, 3.05) is 11.4 Å². The Labute approximate surface area is 207 Å². The quantitative estimate of drug-likeness (QED) is 0.392. The summed E-state index contributed by atoms with van der Waals surface area (Å²) in [6.45, 7) is 6.05. The van der Waals surface area contributed by atoms with E-state index >= 15 is 0 Å². The van der Waals surface area contributed by atoms with Crippen LogP contribution in [0.25, 0.3) is 0 Å². The molecule has 10 heteroatoms. The number of oxazole rings is 1. The van der Waals surface area contributed by atoms with E-state index in [1.807, 2.05) is 20.8 Å². The van der Waals surface area contributed by atoms with Gasteiger partial charge in [-0.1, -0.05) is 44.1 Å². The molecule has 0 radical (unpaired) electrons. The first-order chi connectivity index (χ1) is 17.2. The maximum Gasteiger partial charge on any atom is 0.282 e. The molecule has 0 saturated carbocycles. The van der Waals surface area contributed by atoms with Crippen molar-refractivity contribution in [3.05, 3.63) is 95.9 Å². The fourth-order valence-corrected chi connectivity index (χ4v) is 3.60. The van der Waals surface area contributed by atoms with Gasteiger partial charge in [0.05, 0.1) is 0 Å². The summed E-state index contributed by atoms with van der Waals surface area (Å²) >= 11 is 0. The largest absolute Gasteiger partial charge is 0.451 e. The average Bonchev–Trinajstić information content (AvgIpc) is 3.55. The standard InChI is InChI=1S/C26H26FN5O4/c1-26(2,3)21-13-22(31-36-21)32(25(34)20-15-35-16-30-20)23(18-7-5-10-28-14-18)24(33)29-11-9-17-6-4-8-19(27)12-17/h4-8,10,12-16,23H,9,11H2,1-3H3,(H,29,33). The number of pyridine rings is 1. The van der Waals surface area contributed by atoms with E-state index < -0.39 is 17.9 Å². The van der Waals surface area contributed by atoms with E-state index in [9.17, 15) is 14.0 Å². The highest BCUT2D eigenvalue weighted by atomic mass is 19.1. The predicted molar refractivity (Wildman–Crippen MR) is 129 cm³/mol. The van der Waals surface area contributed by atoms with Gasteiger partial charge in [-0.05, 0) is 30.2 Å². The Kier molecular flexibility index (Phi) is 7.23. The fraction of sp³-hybridized carbons (Fsp3) is 0.269. The average molecular weight is 492 g/mol. The minimum atomic E-state index is -1.15. The molecule has 2 amide bonds. The summed E-state index contributed by atoms with van der Waals surface area (Å²) in [4.78, 5) is 36.5. The molecule has 1 atom stereocenters. The number of carbonyl (C=O) groups is 2. The lowest BCUT2D eigenvalue weighted by atomic mass is 9.93. The lowest BCUT2D eigenvalue weighted by Crippen LogP contribution is -2.45. The second-order valence-electron chi connectivity index (χ2n) is 9.21. The Balaban J connectivity index is 1.69. The SMILES string of the molecule is CC(C)(C)c1cc(N(C(=O)c2cocn2)C(C(=O)NCCc2cccc(F)c2)c2cccnc2)no1. The van der Waals surface area contributed by atoms with Gasteiger partial charge in [-0.3, -0.25) is 19.5 Å². The van der Waals surface area contributed by atoms with Gasteiger partial charge < -0.3 is 14.3 Å². The van der Waals surface area contributed by atoms with Crippen LogP contribution in [0.2, 0.25) is 0 Å². The molecular formula is C26H26FN5O4. The molecule has 3 aromatic heterocycles. The van der Waals surface area contributed by atoms with Crippen LogP contribution in [0.1, 0.15) is 54.2 Å². The van der Waals surface area contributed by atoms with Gasteiger partial charge in [0.25, 0.3) is 5.91 Å². The number of hydrogen-bond acceptors (Lipinski definition) is 7. The molecule has 0 aliphatic heterocycles. The van der Waals surface area contributed by atoms with E-state index in [1.54, 1.807) is 36.5 Å². The molecule has 4 aromatic rings. The van der Waals surface area contributed by atoms with Crippen LogP contribution < -0.4 is 10.2 Å². The number of rotatable bonds is 8. The Morgan fingerprint density at radius 2 is 2.00 bits per heavy atom. The summed E-state index contributed by atoms with van der Waals surface area (Å²) in [5.41, 5.74) is 0.801. The van der Waals surface area contributed by atoms with Crippen LogP contribution in [0.5, 0.6) is 0 Å². The second-order valence-corrected chi connectivity index (χ2v) is 9.21. The van der Waals surface area contributed by atoms with Gasteiger partial charge >= 0.3 is 0 Å². The van der Waals surface area contributed by atoms with Crippen molar-refractivity contribution in [3.63, 3.8) is 0 Å². The highest BCUT2D eigenvalue weighted by Gasteiger charge is 2.37. The Hall–Kier alpha value is -4.34. The van der Waals surface area contributed by atoms with Crippen LogP contribution in [0, 0.1) is 5.82 Å². The third kappa shape index (κ3) is 5.65. The van der Waals surface area contributed by atoms with Crippen molar-refractivity contribution < 1.29 is 22.9 Å². The zero-order chi connectivity index (χ0) is 25.7. The topological polar surface area (TPSA) is 114 Å². The summed E-state index contributed by atoms with van der Waals surface area (Å²) in [7, 11) is 0. The summed E-state index contributed by atoms with van der Waals surface area (Å²) in [5.74, 6) is -0.755. The fourth-order valence-electron chi connectivity index (χ4n) is 3.60. The molecule has 1 aromatic carbocycles. The summed E-state index contributed by atoms with van der Waals surface area (Å²) in [6, 6.07) is 10.0. The number of carbonyl (C=O) groups excluding carboxylic acids is 2. The highest BCUT2D eigenvalue weighted by Crippen LogP contribution is 2.32. The van der Waals surface area contributed by atoms with Crippen molar-refractivity contribution in [1.29, 1.82) is 0 Å². The molecule has 0 aliphatic carbocycles. The number of hydrogen-bond donors (Lipinski definition) is 1. The van der Waals surface area contributed by atoms with Crippen molar-refractivity contribution in [2.24, 2.45) is 0 Å². The number of anilines is 1. The van der Waals surface area contributed by atoms with Crippen LogP contribution in [-0.4, -0.2) is 33.5 Å². The predicted octanol–water partition coefficient (Wildman–Crippen LogP) is 4.24. The molecule has 3 heterocycles. The minimum Gasteiger partial charge on any atom is -0.451 e. The first-order valence-corrected chi connectivity index (χ1v) is 11.3. The maximum atomic E-state index is 13.6. The van der Waals surface area contributed by atoms with Crippen LogP contribution in [0.15, 0.2) is 76.5 Å². The van der Waals surface area contributed by atoms with E-state index in [2.05, 4.69) is 20.4 Å². The van der Waals surface area contributed by atoms with Crippen LogP contribution >= 0.6 is 0 Å². The Morgan fingerprint density at radius 3 is 2.64 bits per heavy atom. The third-order valence-corrected chi connectivity index (χ3v) is 5.46. The summed E-state index contributed by atoms with van der Waals surface area (Å²) in [6.07, 6.45) is 5.80. The first-order valence-electron chi connectivity index (χ1n) is 11.3. The second kappa shape index (κ2) is 10.5. The third-order valence-electron chi connectivity index (χ3n) is 5.46. The molecule has 0 aliphatic rings. The van der Waals surface area contributed by atoms with Gasteiger partial charge in [-0.25, -0.2) is 9.37 Å². The molecule has 0 fully saturated rings. The van der Waals surface area contributed by atoms with Gasteiger partial charge in [0.2, 0.25) is 5.91 Å². The zero-order valence-electron chi connectivity index (χ0n) is 20.1. The van der Waals surface area contributed by atoms with Gasteiger partial charge in [0.1, 0.15) is 23.9 Å². The van der Waals surface area contributed by atoms with Crippen LogP contribution in [0.4, 0.5) is 10.2 Å². The van der Waals surface area contributed by atoms with E-state index in [4.69, 9.17) is 8.94 Å². The smallest absolute Gasteiger partial charge is 0.282 e. The van der Waals surface area contributed by atoms with Crippen molar-refractivity contribution in [3.8, 4) is 0 Å². The summed E-state index contributed by atoms with van der Waals surface area (Å²) < 4.78 is 24.1. The van der Waals surface area contributed by atoms with E-state index in [0.717, 1.165) is 12.0 Å². The Morgan fingerprint density at radius 1 is 1.17 bits per heavy atom. The molecule has 0 spiro atoms. The first kappa shape index (κ1) is 24.8. The number of halogens is 1. The molecular weight excluding hydrogens is 465 g/mol. The van der Waals surface area contributed by atoms with E-state index in [0.29, 0.717) is 17.7 Å². The molecule has 0 saturated heterocycles. The van der Waals surface area contributed by atoms with Crippen molar-refractivity contribution in [2.45, 2.75) is 38.6 Å². The lowest BCUT2D eigenvalue weighted by Gasteiger charge is -2.28. The van der Waals surface area contributed by atoms with Gasteiger partial charge in [0.15, 0.2) is 17.9 Å². The number of nitrogens with zero attached hydrogens (tertiary/aromatic N) is 4. The maximum absolute atomic E-state index is 13.6. The van der Waals surface area contributed by atoms with Crippen LogP contribution in [0.3, 0.4) is 0 Å². The zero-order valence-corrected chi connectivity index (χ0v) is 20.1. The normalized spacial score (nSPS) is 12.2. The van der Waals surface area contributed by atoms with Crippen molar-refractivity contribution >= 4 is 17.6 Å². The number of aromatic nitrogens is 3. The monoisotopic (exact) mass is 491 g/mol. The summed E-state index contributed by atoms with van der Waals surface area (Å²) in [5, 5.41) is 6.96. The Bertz CT molecular complexity index is 1320. The number of benzene rings is 1. The van der Waals surface area contributed by atoms with Gasteiger partial charge in [-0.15, -0.1) is 0 Å². The number of nitrogens with one attached hydrogen (secondary N) is 1. The molecule has 186 valence electrons. The number of amides is 2. The molecule has 1 unspecified atom stereocenters. The van der Waals surface area contributed by atoms with Gasteiger partial charge in [-0.2, -0.15) is 0 Å². The highest BCUT2D eigenvalue weighted by molar-refractivity contribution is 6.08. The molecule has 9 nitrogen and oxygen atoms in total. The lowest BCUT2D eigenvalue weighted by molar-refractivity contribution is -0.122. The van der Waals surface area contributed by atoms with Gasteiger partial charge in [0, 0.05) is 36.0 Å². The molecule has 4 rings (SSSR count). The molecule has 1 N–H and O–H groups in total. The molecule has 0 bridgehead atoms. The van der Waals surface area contributed by atoms with E-state index in [1.165, 1.54) is 29.5 Å². The van der Waals surface area contributed by atoms with Crippen LogP contribution in [-0.2, 0) is 16.6 Å².